The molecule has 0 spiro atoms. The molecule has 9 heteroatoms. The molecule has 0 unspecified atom stereocenters. The molecule has 204 valence electrons. The van der Waals surface area contributed by atoms with Gasteiger partial charge in [-0.25, -0.2) is 4.68 Å². The van der Waals surface area contributed by atoms with Crippen molar-refractivity contribution in [3.8, 4) is 28.4 Å². The minimum atomic E-state index is -0.0950. The van der Waals surface area contributed by atoms with Gasteiger partial charge < -0.3 is 19.3 Å². The second kappa shape index (κ2) is 10.5. The number of nitrogens with zero attached hydrogens (tertiary/aromatic N) is 4. The molecule has 3 aliphatic heterocycles. The van der Waals surface area contributed by atoms with Gasteiger partial charge in [0.05, 0.1) is 18.5 Å². The second-order valence-corrected chi connectivity index (χ2v) is 11.5. The van der Waals surface area contributed by atoms with Crippen LogP contribution in [0.25, 0.3) is 23.0 Å². The van der Waals surface area contributed by atoms with E-state index in [1.54, 1.807) is 18.4 Å². The van der Waals surface area contributed by atoms with Crippen LogP contribution in [0.5, 0.6) is 11.5 Å². The topological polar surface area (TPSA) is 76.9 Å². The van der Waals surface area contributed by atoms with Crippen LogP contribution in [-0.2, 0) is 11.4 Å². The molecule has 3 aromatic rings. The van der Waals surface area contributed by atoms with E-state index in [2.05, 4.69) is 26.0 Å². The molecule has 39 heavy (non-hydrogen) atoms. The maximum Gasteiger partial charge on any atom is 0.274 e. The number of aromatic nitrogens is 2. The standard InChI is InChI=1S/C30H34N4O4S/c1-19(2)14-21-15-23-26(16-25(21)37-3)38-17-24-27(31-34(28(23)24)22-8-13-39-18-22)30(36)33-9-4-6-20(7-12-33)29(35)32-10-5-11-32/h8,13-16,18,20H,4-7,9-12,17H2,1-3H3/t20-/m1/s1. The summed E-state index contributed by atoms with van der Waals surface area (Å²) in [6.45, 7) is 7.28. The molecule has 5 heterocycles. The average Bonchev–Trinajstić information content (AvgIpc) is 3.48. The third kappa shape index (κ3) is 4.73. The Morgan fingerprint density at radius 3 is 2.62 bits per heavy atom. The molecule has 0 bridgehead atoms. The fraction of sp³-hybridized carbons (Fsp3) is 0.433. The molecule has 0 N–H and O–H groups in total. The van der Waals surface area contributed by atoms with Crippen LogP contribution in [0.3, 0.4) is 0 Å². The minimum absolute atomic E-state index is 0.000863. The lowest BCUT2D eigenvalue weighted by atomic mass is 9.97. The SMILES string of the molecule is COc1cc2c(cc1C=C(C)C)-c1c(c(C(=O)N3CCC[C@@H](C(=O)N4CCC4)CC3)nn1-c1ccsc1)CO2. The molecule has 0 saturated carbocycles. The molecule has 8 nitrogen and oxygen atoms in total. The van der Waals surface area contributed by atoms with E-state index in [1.165, 1.54) is 0 Å². The van der Waals surface area contributed by atoms with Gasteiger partial charge in [0.2, 0.25) is 5.91 Å². The number of allylic oxidation sites excluding steroid dienone is 1. The molecule has 1 atom stereocenters. The van der Waals surface area contributed by atoms with Crippen LogP contribution in [-0.4, -0.2) is 64.7 Å². The monoisotopic (exact) mass is 546 g/mol. The summed E-state index contributed by atoms with van der Waals surface area (Å²) in [4.78, 5) is 30.7. The molecule has 6 rings (SSSR count). The summed E-state index contributed by atoms with van der Waals surface area (Å²) in [6.07, 6.45) is 5.51. The highest BCUT2D eigenvalue weighted by Gasteiger charge is 2.35. The van der Waals surface area contributed by atoms with Gasteiger partial charge in [-0.2, -0.15) is 16.4 Å². The van der Waals surface area contributed by atoms with Crippen LogP contribution in [0.15, 0.2) is 34.5 Å². The Kier molecular flexibility index (Phi) is 6.93. The number of hydrogen-bond acceptors (Lipinski definition) is 6. The number of ether oxygens (including phenoxy) is 2. The van der Waals surface area contributed by atoms with E-state index in [1.807, 2.05) is 37.4 Å². The number of fused-ring (bicyclic) bond motifs is 3. The first-order valence-corrected chi connectivity index (χ1v) is 14.6. The van der Waals surface area contributed by atoms with E-state index in [4.69, 9.17) is 14.6 Å². The molecule has 2 saturated heterocycles. The third-order valence-electron chi connectivity index (χ3n) is 7.87. The molecule has 2 aromatic heterocycles. The lowest BCUT2D eigenvalue weighted by Crippen LogP contribution is -2.45. The van der Waals surface area contributed by atoms with Crippen molar-refractivity contribution in [3.63, 3.8) is 0 Å². The highest BCUT2D eigenvalue weighted by molar-refractivity contribution is 7.08. The van der Waals surface area contributed by atoms with Gasteiger partial charge in [0, 0.05) is 60.2 Å². The van der Waals surface area contributed by atoms with Gasteiger partial charge in [-0.1, -0.05) is 11.6 Å². The molecule has 1 aromatic carbocycles. The summed E-state index contributed by atoms with van der Waals surface area (Å²) in [6, 6.07) is 6.00. The van der Waals surface area contributed by atoms with Crippen LogP contribution >= 0.6 is 11.3 Å². The minimum Gasteiger partial charge on any atom is -0.496 e. The fourth-order valence-electron chi connectivity index (χ4n) is 5.72. The van der Waals surface area contributed by atoms with Crippen LogP contribution in [0.1, 0.15) is 61.1 Å². The summed E-state index contributed by atoms with van der Waals surface area (Å²) >= 11 is 1.59. The van der Waals surface area contributed by atoms with Crippen molar-refractivity contribution < 1.29 is 19.1 Å². The highest BCUT2D eigenvalue weighted by atomic mass is 32.1. The van der Waals surface area contributed by atoms with Crippen molar-refractivity contribution in [2.45, 2.75) is 46.1 Å². The van der Waals surface area contributed by atoms with E-state index in [9.17, 15) is 9.59 Å². The number of rotatable bonds is 5. The Hall–Kier alpha value is -3.59. The van der Waals surface area contributed by atoms with Crippen molar-refractivity contribution >= 4 is 29.2 Å². The number of hydrogen-bond donors (Lipinski definition) is 0. The van der Waals surface area contributed by atoms with E-state index in [-0.39, 0.29) is 24.3 Å². The predicted molar refractivity (Wildman–Crippen MR) is 152 cm³/mol. The zero-order chi connectivity index (χ0) is 27.1. The first kappa shape index (κ1) is 25.7. The van der Waals surface area contributed by atoms with Gasteiger partial charge in [-0.3, -0.25) is 9.59 Å². The van der Waals surface area contributed by atoms with Gasteiger partial charge in [0.25, 0.3) is 5.91 Å². The normalized spacial score (nSPS) is 18.3. The highest BCUT2D eigenvalue weighted by Crippen LogP contribution is 2.44. The van der Waals surface area contributed by atoms with E-state index in [0.29, 0.717) is 31.0 Å². The number of carbonyl (C=O) groups excluding carboxylic acids is 2. The molecule has 3 aliphatic rings. The molecular weight excluding hydrogens is 512 g/mol. The van der Waals surface area contributed by atoms with Gasteiger partial charge in [-0.05, 0) is 57.0 Å². The maximum atomic E-state index is 14.0. The average molecular weight is 547 g/mol. The van der Waals surface area contributed by atoms with Gasteiger partial charge in [0.15, 0.2) is 5.69 Å². The number of methoxy groups -OCH3 is 1. The quantitative estimate of drug-likeness (QED) is 0.428. The lowest BCUT2D eigenvalue weighted by Gasteiger charge is -2.34. The van der Waals surface area contributed by atoms with Crippen molar-refractivity contribution in [2.75, 3.05) is 33.3 Å². The molecular formula is C30H34N4O4S. The molecule has 2 amide bonds. The zero-order valence-electron chi connectivity index (χ0n) is 22.7. The lowest BCUT2D eigenvalue weighted by molar-refractivity contribution is -0.139. The van der Waals surface area contributed by atoms with Crippen LogP contribution < -0.4 is 9.47 Å². The largest absolute Gasteiger partial charge is 0.496 e. The number of carbonyl (C=O) groups is 2. The Morgan fingerprint density at radius 2 is 1.92 bits per heavy atom. The number of likely N-dealkylation sites (tertiary alicyclic amines) is 2. The molecule has 2 fully saturated rings. The number of thiophene rings is 1. The first-order valence-electron chi connectivity index (χ1n) is 13.7. The Bertz CT molecular complexity index is 1430. The third-order valence-corrected chi connectivity index (χ3v) is 8.54. The molecule has 0 radical (unpaired) electrons. The van der Waals surface area contributed by atoms with Crippen LogP contribution in [0.2, 0.25) is 0 Å². The summed E-state index contributed by atoms with van der Waals surface area (Å²) in [7, 11) is 1.66. The number of amides is 2. The fourth-order valence-corrected chi connectivity index (χ4v) is 6.34. The Balaban J connectivity index is 1.37. The van der Waals surface area contributed by atoms with E-state index in [0.717, 1.165) is 71.7 Å². The van der Waals surface area contributed by atoms with Crippen molar-refractivity contribution in [1.29, 1.82) is 0 Å². The van der Waals surface area contributed by atoms with Crippen molar-refractivity contribution in [3.05, 3.63) is 51.4 Å². The van der Waals surface area contributed by atoms with Crippen molar-refractivity contribution in [2.24, 2.45) is 5.92 Å². The molecule has 0 aliphatic carbocycles. The number of benzene rings is 1. The van der Waals surface area contributed by atoms with E-state index < -0.39 is 0 Å². The Morgan fingerprint density at radius 1 is 1.10 bits per heavy atom. The second-order valence-electron chi connectivity index (χ2n) is 10.8. The van der Waals surface area contributed by atoms with Gasteiger partial charge in [0.1, 0.15) is 18.1 Å². The summed E-state index contributed by atoms with van der Waals surface area (Å²) in [5.74, 6) is 1.61. The van der Waals surface area contributed by atoms with Crippen molar-refractivity contribution in [1.82, 2.24) is 19.6 Å². The van der Waals surface area contributed by atoms with Crippen LogP contribution in [0.4, 0.5) is 0 Å². The maximum absolute atomic E-state index is 14.0. The summed E-state index contributed by atoms with van der Waals surface area (Å²) < 4.78 is 13.7. The van der Waals surface area contributed by atoms with Gasteiger partial charge in [-0.15, -0.1) is 0 Å². The Labute approximate surface area is 232 Å². The van der Waals surface area contributed by atoms with Crippen LogP contribution in [0, 0.1) is 5.92 Å². The summed E-state index contributed by atoms with van der Waals surface area (Å²) in [5, 5.41) is 8.96. The first-order chi connectivity index (χ1) is 18.9. The predicted octanol–water partition coefficient (Wildman–Crippen LogP) is 5.40. The smallest absolute Gasteiger partial charge is 0.274 e. The van der Waals surface area contributed by atoms with E-state index >= 15 is 0 Å². The zero-order valence-corrected chi connectivity index (χ0v) is 23.6. The summed E-state index contributed by atoms with van der Waals surface area (Å²) in [5.41, 5.74) is 6.00. The van der Waals surface area contributed by atoms with Gasteiger partial charge >= 0.3 is 0 Å².